The first-order valence-corrected chi connectivity index (χ1v) is 13.1. The van der Waals surface area contributed by atoms with Crippen molar-refractivity contribution in [2.75, 3.05) is 13.7 Å². The molecule has 0 saturated carbocycles. The fourth-order valence-corrected chi connectivity index (χ4v) is 8.67. The van der Waals surface area contributed by atoms with Crippen LogP contribution in [0.25, 0.3) is 0 Å². The van der Waals surface area contributed by atoms with Gasteiger partial charge in [-0.1, -0.05) is 81.4 Å². The number of rotatable bonds is 12. The molecule has 0 aromatic heterocycles. The van der Waals surface area contributed by atoms with E-state index < -0.39 is 8.32 Å². The molecule has 0 saturated heterocycles. The number of methoxy groups -OCH3 is 1. The van der Waals surface area contributed by atoms with Crippen molar-refractivity contribution in [2.24, 2.45) is 0 Å². The van der Waals surface area contributed by atoms with E-state index in [0.717, 1.165) is 12.8 Å². The molecule has 0 fully saturated rings. The topological polar surface area (TPSA) is 52.6 Å². The van der Waals surface area contributed by atoms with Crippen molar-refractivity contribution >= 4 is 30.4 Å². The molecule has 4 nitrogen and oxygen atoms in total. The van der Waals surface area contributed by atoms with Crippen LogP contribution in [0.15, 0.2) is 60.7 Å². The van der Waals surface area contributed by atoms with Gasteiger partial charge < -0.3 is 9.16 Å². The Hall–Kier alpha value is -2.24. The van der Waals surface area contributed by atoms with Crippen molar-refractivity contribution < 1.29 is 18.8 Å². The van der Waals surface area contributed by atoms with E-state index in [1.54, 1.807) is 0 Å². The van der Waals surface area contributed by atoms with Gasteiger partial charge in [0.25, 0.3) is 8.32 Å². The summed E-state index contributed by atoms with van der Waals surface area (Å²) in [5.41, 5.74) is 0. The van der Waals surface area contributed by atoms with E-state index in [-0.39, 0.29) is 16.8 Å². The molecule has 0 aliphatic heterocycles. The number of hydrogen-bond donors (Lipinski definition) is 0. The van der Waals surface area contributed by atoms with Crippen LogP contribution in [0, 0.1) is 0 Å². The fraction of sp³-hybridized carbons (Fsp3) is 0.462. The monoisotopic (exact) mass is 440 g/mol. The Morgan fingerprint density at radius 2 is 1.29 bits per heavy atom. The highest BCUT2D eigenvalue weighted by Gasteiger charge is 2.49. The number of ketones is 1. The highest BCUT2D eigenvalue weighted by Crippen LogP contribution is 2.36. The number of Topliss-reactive ketones (excluding diaryl/α,β-unsaturated/α-hetero) is 1. The third kappa shape index (κ3) is 6.87. The maximum atomic E-state index is 12.1. The zero-order valence-electron chi connectivity index (χ0n) is 19.4. The predicted molar refractivity (Wildman–Crippen MR) is 128 cm³/mol. The highest BCUT2D eigenvalue weighted by atomic mass is 28.4. The quantitative estimate of drug-likeness (QED) is 0.274. The summed E-state index contributed by atoms with van der Waals surface area (Å²) in [6.45, 7) is 7.43. The third-order valence-electron chi connectivity index (χ3n) is 5.65. The second kappa shape index (κ2) is 12.0. The number of esters is 1. The standard InChI is InChI=1S/C26H36O4Si/c1-26(2,3)31(23-16-7-5-8-17-23,24-18-9-6-10-19-24)30-21-12-11-14-22(27)15-13-20-25(28)29-4/h5-10,16-19H,11-15,20-21H2,1-4H3. The van der Waals surface area contributed by atoms with Gasteiger partial charge in [-0.2, -0.15) is 0 Å². The predicted octanol–water partition coefficient (Wildman–Crippen LogP) is 4.65. The van der Waals surface area contributed by atoms with Crippen LogP contribution in [-0.2, 0) is 18.8 Å². The summed E-state index contributed by atoms with van der Waals surface area (Å²) in [7, 11) is -1.13. The van der Waals surface area contributed by atoms with Crippen molar-refractivity contribution in [1.82, 2.24) is 0 Å². The van der Waals surface area contributed by atoms with Crippen molar-refractivity contribution in [3.63, 3.8) is 0 Å². The molecule has 0 unspecified atom stereocenters. The van der Waals surface area contributed by atoms with E-state index in [0.29, 0.717) is 32.3 Å². The van der Waals surface area contributed by atoms with E-state index in [2.05, 4.69) is 74.0 Å². The van der Waals surface area contributed by atoms with Crippen LogP contribution < -0.4 is 10.4 Å². The molecule has 0 radical (unpaired) electrons. The van der Waals surface area contributed by atoms with Crippen LogP contribution in [0.5, 0.6) is 0 Å². The maximum Gasteiger partial charge on any atom is 0.305 e. The van der Waals surface area contributed by atoms with Gasteiger partial charge in [-0.3, -0.25) is 9.59 Å². The summed E-state index contributed by atoms with van der Waals surface area (Å²) in [5, 5.41) is 2.50. The van der Waals surface area contributed by atoms with Crippen molar-refractivity contribution in [3.8, 4) is 0 Å². The Morgan fingerprint density at radius 3 is 1.77 bits per heavy atom. The number of hydrogen-bond acceptors (Lipinski definition) is 4. The molecule has 0 heterocycles. The molecule has 0 atom stereocenters. The van der Waals surface area contributed by atoms with E-state index in [1.807, 2.05) is 12.1 Å². The van der Waals surface area contributed by atoms with E-state index in [4.69, 9.17) is 4.43 Å². The SMILES string of the molecule is COC(=O)CCCC(=O)CCCCO[Si](c1ccccc1)(c1ccccc1)C(C)(C)C. The second-order valence-electron chi connectivity index (χ2n) is 8.94. The van der Waals surface area contributed by atoms with Gasteiger partial charge in [0, 0.05) is 25.9 Å². The lowest BCUT2D eigenvalue weighted by molar-refractivity contribution is -0.140. The van der Waals surface area contributed by atoms with Crippen LogP contribution >= 0.6 is 0 Å². The largest absolute Gasteiger partial charge is 0.469 e. The summed E-state index contributed by atoms with van der Waals surface area (Å²) in [6.07, 6.45) is 3.47. The van der Waals surface area contributed by atoms with Crippen LogP contribution in [0.1, 0.15) is 59.3 Å². The average molecular weight is 441 g/mol. The average Bonchev–Trinajstić information content (AvgIpc) is 2.76. The highest BCUT2D eigenvalue weighted by molar-refractivity contribution is 6.99. The molecular weight excluding hydrogens is 404 g/mol. The summed E-state index contributed by atoms with van der Waals surface area (Å²) in [4.78, 5) is 23.2. The number of ether oxygens (including phenoxy) is 1. The zero-order chi connectivity index (χ0) is 22.7. The van der Waals surface area contributed by atoms with Gasteiger partial charge in [0.15, 0.2) is 0 Å². The summed E-state index contributed by atoms with van der Waals surface area (Å²) in [5.74, 6) is -0.0548. The molecule has 0 aliphatic carbocycles. The first-order valence-electron chi connectivity index (χ1n) is 11.1. The smallest absolute Gasteiger partial charge is 0.305 e. The van der Waals surface area contributed by atoms with Gasteiger partial charge >= 0.3 is 5.97 Å². The molecule has 5 heteroatoms. The lowest BCUT2D eigenvalue weighted by Gasteiger charge is -2.43. The van der Waals surface area contributed by atoms with Gasteiger partial charge in [-0.15, -0.1) is 0 Å². The third-order valence-corrected chi connectivity index (χ3v) is 10.7. The zero-order valence-corrected chi connectivity index (χ0v) is 20.4. The van der Waals surface area contributed by atoms with Gasteiger partial charge in [-0.25, -0.2) is 0 Å². The van der Waals surface area contributed by atoms with Crippen molar-refractivity contribution in [1.29, 1.82) is 0 Å². The second-order valence-corrected chi connectivity index (χ2v) is 13.2. The first kappa shape index (κ1) is 25.0. The minimum atomic E-state index is -2.50. The maximum absolute atomic E-state index is 12.1. The Morgan fingerprint density at radius 1 is 0.774 bits per heavy atom. The Balaban J connectivity index is 2.02. The van der Waals surface area contributed by atoms with Gasteiger partial charge in [0.1, 0.15) is 5.78 Å². The van der Waals surface area contributed by atoms with E-state index >= 15 is 0 Å². The van der Waals surface area contributed by atoms with Gasteiger partial charge in [0.05, 0.1) is 7.11 Å². The molecule has 2 aromatic carbocycles. The van der Waals surface area contributed by atoms with Crippen molar-refractivity contribution in [3.05, 3.63) is 60.7 Å². The fourth-order valence-electron chi connectivity index (χ4n) is 4.07. The summed E-state index contributed by atoms with van der Waals surface area (Å²) < 4.78 is 11.5. The molecule has 2 rings (SSSR count). The summed E-state index contributed by atoms with van der Waals surface area (Å²) in [6, 6.07) is 21.2. The Bertz CT molecular complexity index is 773. The Kier molecular flexibility index (Phi) is 9.66. The molecule has 0 aliphatic rings. The van der Waals surface area contributed by atoms with Crippen LogP contribution in [0.4, 0.5) is 0 Å². The molecular formula is C26H36O4Si. The van der Waals surface area contributed by atoms with Crippen LogP contribution in [-0.4, -0.2) is 33.8 Å². The molecule has 0 amide bonds. The van der Waals surface area contributed by atoms with Crippen LogP contribution in [0.3, 0.4) is 0 Å². The minimum absolute atomic E-state index is 0.0422. The molecule has 2 aromatic rings. The lowest BCUT2D eigenvalue weighted by atomic mass is 10.1. The Labute approximate surface area is 188 Å². The number of carbonyl (C=O) groups is 2. The van der Waals surface area contributed by atoms with Gasteiger partial charge in [-0.05, 0) is 34.7 Å². The molecule has 0 bridgehead atoms. The minimum Gasteiger partial charge on any atom is -0.469 e. The number of unbranched alkanes of at least 4 members (excludes halogenated alkanes) is 1. The first-order chi connectivity index (χ1) is 14.8. The van der Waals surface area contributed by atoms with Gasteiger partial charge in [0.2, 0.25) is 0 Å². The molecule has 0 spiro atoms. The molecule has 0 N–H and O–H groups in total. The van der Waals surface area contributed by atoms with Crippen LogP contribution in [0.2, 0.25) is 5.04 Å². The number of carbonyl (C=O) groups excluding carboxylic acids is 2. The normalized spacial score (nSPS) is 11.9. The number of benzene rings is 2. The van der Waals surface area contributed by atoms with Crippen molar-refractivity contribution in [2.45, 2.75) is 64.3 Å². The van der Waals surface area contributed by atoms with E-state index in [1.165, 1.54) is 17.5 Å². The molecule has 168 valence electrons. The molecule has 31 heavy (non-hydrogen) atoms. The van der Waals surface area contributed by atoms with E-state index in [9.17, 15) is 9.59 Å². The lowest BCUT2D eigenvalue weighted by Crippen LogP contribution is -2.66. The summed E-state index contributed by atoms with van der Waals surface area (Å²) >= 11 is 0.